The number of benzene rings is 1. The molecular weight excluding hydrogens is 188 g/mol. The zero-order valence-corrected chi connectivity index (χ0v) is 9.35. The van der Waals surface area contributed by atoms with E-state index in [9.17, 15) is 0 Å². The molecule has 1 aromatic rings. The maximum atomic E-state index is 3.90. The summed E-state index contributed by atoms with van der Waals surface area (Å²) in [5.41, 5.74) is 1.11. The van der Waals surface area contributed by atoms with E-state index in [1.807, 2.05) is 11.8 Å². The summed E-state index contributed by atoms with van der Waals surface area (Å²) >= 11 is 2.05. The van der Waals surface area contributed by atoms with E-state index < -0.39 is 0 Å². The van der Waals surface area contributed by atoms with Crippen LogP contribution < -0.4 is 0 Å². The number of hydrogen-bond acceptors (Lipinski definition) is 1. The second-order valence-corrected chi connectivity index (χ2v) is 5.40. The Morgan fingerprint density at radius 1 is 1.00 bits per heavy atom. The molecule has 1 heteroatoms. The maximum Gasteiger partial charge on any atom is 0.00944 e. The van der Waals surface area contributed by atoms with Gasteiger partial charge in [0.25, 0.3) is 0 Å². The van der Waals surface area contributed by atoms with E-state index in [0.717, 1.165) is 10.8 Å². The third-order valence-electron chi connectivity index (χ3n) is 2.78. The van der Waals surface area contributed by atoms with Gasteiger partial charge in [-0.25, -0.2) is 0 Å². The van der Waals surface area contributed by atoms with Gasteiger partial charge in [-0.15, -0.1) is 11.8 Å². The largest absolute Gasteiger partial charge is 0.123 e. The van der Waals surface area contributed by atoms with Crippen molar-refractivity contribution in [2.45, 2.75) is 42.2 Å². The topological polar surface area (TPSA) is 0 Å². The molecule has 0 aliphatic heterocycles. The van der Waals surface area contributed by atoms with Gasteiger partial charge in [-0.3, -0.25) is 0 Å². The molecule has 1 fully saturated rings. The molecular formula is C13H17S. The van der Waals surface area contributed by atoms with Gasteiger partial charge in [0.2, 0.25) is 0 Å². The highest BCUT2D eigenvalue weighted by Crippen LogP contribution is 2.33. The van der Waals surface area contributed by atoms with Crippen molar-refractivity contribution in [2.75, 3.05) is 0 Å². The fourth-order valence-corrected chi connectivity index (χ4v) is 3.19. The van der Waals surface area contributed by atoms with Gasteiger partial charge in [-0.05, 0) is 37.5 Å². The van der Waals surface area contributed by atoms with Gasteiger partial charge in [-0.2, -0.15) is 0 Å². The lowest BCUT2D eigenvalue weighted by Crippen LogP contribution is -2.07. The fourth-order valence-electron chi connectivity index (χ4n) is 1.94. The minimum atomic E-state index is 0.861. The van der Waals surface area contributed by atoms with Crippen molar-refractivity contribution >= 4 is 11.8 Å². The number of thioether (sulfide) groups is 1. The Morgan fingerprint density at radius 2 is 1.64 bits per heavy atom. The molecule has 0 heterocycles. The normalized spacial score (nSPS) is 18.4. The van der Waals surface area contributed by atoms with Gasteiger partial charge >= 0.3 is 0 Å². The molecule has 1 saturated carbocycles. The first kappa shape index (κ1) is 10.1. The minimum Gasteiger partial charge on any atom is -0.123 e. The summed E-state index contributed by atoms with van der Waals surface area (Å²) in [6.45, 7) is 3.90. The number of hydrogen-bond donors (Lipinski definition) is 0. The lowest BCUT2D eigenvalue weighted by atomic mass is 10.0. The lowest BCUT2D eigenvalue weighted by Gasteiger charge is -2.20. The second kappa shape index (κ2) is 4.88. The van der Waals surface area contributed by atoms with Crippen molar-refractivity contribution in [1.82, 2.24) is 0 Å². The highest BCUT2D eigenvalue weighted by Gasteiger charge is 2.13. The first-order valence-electron chi connectivity index (χ1n) is 5.43. The Hall–Kier alpha value is -0.430. The van der Waals surface area contributed by atoms with Crippen LogP contribution in [-0.2, 0) is 0 Å². The monoisotopic (exact) mass is 205 g/mol. The van der Waals surface area contributed by atoms with Crippen molar-refractivity contribution in [1.29, 1.82) is 0 Å². The minimum absolute atomic E-state index is 0.861. The standard InChI is InChI=1S/C13H17S/c1-11-7-9-13(10-8-11)14-12-5-3-2-4-6-12/h7-10,12H,1-6H2. The van der Waals surface area contributed by atoms with Crippen LogP contribution in [0, 0.1) is 6.92 Å². The van der Waals surface area contributed by atoms with E-state index >= 15 is 0 Å². The van der Waals surface area contributed by atoms with E-state index in [1.54, 1.807) is 0 Å². The van der Waals surface area contributed by atoms with Crippen LogP contribution in [-0.4, -0.2) is 5.25 Å². The highest BCUT2D eigenvalue weighted by atomic mass is 32.2. The summed E-state index contributed by atoms with van der Waals surface area (Å²) in [5, 5.41) is 0.861. The Kier molecular flexibility index (Phi) is 3.52. The summed E-state index contributed by atoms with van der Waals surface area (Å²) in [6, 6.07) is 8.60. The summed E-state index contributed by atoms with van der Waals surface area (Å²) in [4.78, 5) is 1.41. The maximum absolute atomic E-state index is 3.90. The van der Waals surface area contributed by atoms with Crippen LogP contribution in [0.1, 0.15) is 37.7 Å². The molecule has 0 atom stereocenters. The van der Waals surface area contributed by atoms with E-state index in [4.69, 9.17) is 0 Å². The van der Waals surface area contributed by atoms with Crippen molar-refractivity contribution in [3.8, 4) is 0 Å². The first-order chi connectivity index (χ1) is 6.84. The molecule has 0 bridgehead atoms. The SMILES string of the molecule is [CH2]c1ccc(SC2CCCCC2)cc1. The highest BCUT2D eigenvalue weighted by molar-refractivity contribution is 8.00. The summed E-state index contributed by atoms with van der Waals surface area (Å²) in [7, 11) is 0. The predicted molar refractivity (Wildman–Crippen MR) is 63.6 cm³/mol. The van der Waals surface area contributed by atoms with Crippen LogP contribution in [0.25, 0.3) is 0 Å². The smallest absolute Gasteiger partial charge is 0.00944 e. The van der Waals surface area contributed by atoms with Gasteiger partial charge in [0, 0.05) is 10.1 Å². The van der Waals surface area contributed by atoms with Crippen LogP contribution in [0.3, 0.4) is 0 Å². The molecule has 1 radical (unpaired) electrons. The Labute approximate surface area is 91.1 Å². The van der Waals surface area contributed by atoms with Gasteiger partial charge in [0.15, 0.2) is 0 Å². The molecule has 0 saturated heterocycles. The Morgan fingerprint density at radius 3 is 2.29 bits per heavy atom. The van der Waals surface area contributed by atoms with Gasteiger partial charge in [-0.1, -0.05) is 31.4 Å². The molecule has 14 heavy (non-hydrogen) atoms. The first-order valence-corrected chi connectivity index (χ1v) is 6.31. The van der Waals surface area contributed by atoms with Crippen LogP contribution >= 0.6 is 11.8 Å². The third-order valence-corrected chi connectivity index (χ3v) is 4.13. The van der Waals surface area contributed by atoms with Gasteiger partial charge < -0.3 is 0 Å². The molecule has 0 N–H and O–H groups in total. The van der Waals surface area contributed by atoms with Gasteiger partial charge in [0.1, 0.15) is 0 Å². The Bertz CT molecular complexity index is 270. The zero-order chi connectivity index (χ0) is 9.80. The van der Waals surface area contributed by atoms with Crippen LogP contribution in [0.2, 0.25) is 0 Å². The van der Waals surface area contributed by atoms with Crippen LogP contribution in [0.4, 0.5) is 0 Å². The molecule has 1 aromatic carbocycles. The molecule has 0 aromatic heterocycles. The third kappa shape index (κ3) is 2.78. The quantitative estimate of drug-likeness (QED) is 0.694. The lowest BCUT2D eigenvalue weighted by molar-refractivity contribution is 0.516. The summed E-state index contributed by atoms with van der Waals surface area (Å²) in [5.74, 6) is 0. The molecule has 0 unspecified atom stereocenters. The van der Waals surface area contributed by atoms with E-state index in [-0.39, 0.29) is 0 Å². The van der Waals surface area contributed by atoms with E-state index in [0.29, 0.717) is 0 Å². The van der Waals surface area contributed by atoms with Crippen molar-refractivity contribution in [3.63, 3.8) is 0 Å². The summed E-state index contributed by atoms with van der Waals surface area (Å²) in [6.07, 6.45) is 7.08. The zero-order valence-electron chi connectivity index (χ0n) is 8.54. The predicted octanol–water partition coefficient (Wildman–Crippen LogP) is 4.29. The molecule has 75 valence electrons. The molecule has 0 spiro atoms. The van der Waals surface area contributed by atoms with E-state index in [1.165, 1.54) is 37.0 Å². The molecule has 0 amide bonds. The molecule has 2 rings (SSSR count). The van der Waals surface area contributed by atoms with Crippen LogP contribution in [0.15, 0.2) is 29.2 Å². The average Bonchev–Trinajstić information content (AvgIpc) is 2.23. The van der Waals surface area contributed by atoms with Gasteiger partial charge in [0.05, 0.1) is 0 Å². The second-order valence-electron chi connectivity index (χ2n) is 4.02. The molecule has 1 aliphatic carbocycles. The van der Waals surface area contributed by atoms with Crippen LogP contribution in [0.5, 0.6) is 0 Å². The molecule has 1 aliphatic rings. The van der Waals surface area contributed by atoms with Crippen molar-refractivity contribution in [3.05, 3.63) is 36.8 Å². The van der Waals surface area contributed by atoms with Crippen molar-refractivity contribution in [2.24, 2.45) is 0 Å². The summed E-state index contributed by atoms with van der Waals surface area (Å²) < 4.78 is 0. The fraction of sp³-hybridized carbons (Fsp3) is 0.462. The van der Waals surface area contributed by atoms with Crippen molar-refractivity contribution < 1.29 is 0 Å². The molecule has 0 nitrogen and oxygen atoms in total. The number of rotatable bonds is 2. The van der Waals surface area contributed by atoms with E-state index in [2.05, 4.69) is 31.2 Å². The Balaban J connectivity index is 1.92. The average molecular weight is 205 g/mol.